The molecule has 1 aromatic carbocycles. The Kier molecular flexibility index (Phi) is 3.56. The van der Waals surface area contributed by atoms with E-state index in [1.165, 1.54) is 0 Å². The number of rotatable bonds is 3. The van der Waals surface area contributed by atoms with E-state index in [0.29, 0.717) is 6.61 Å². The third kappa shape index (κ3) is 2.61. The number of aromatic amines is 1. The van der Waals surface area contributed by atoms with Gasteiger partial charge in [0, 0.05) is 35.5 Å². The van der Waals surface area contributed by atoms with Crippen molar-refractivity contribution in [3.05, 3.63) is 48.7 Å². The van der Waals surface area contributed by atoms with Crippen molar-refractivity contribution in [1.82, 2.24) is 34.7 Å². The van der Waals surface area contributed by atoms with Gasteiger partial charge < -0.3 is 4.74 Å². The topological polar surface area (TPSA) is 86.4 Å². The van der Waals surface area contributed by atoms with E-state index in [9.17, 15) is 0 Å². The summed E-state index contributed by atoms with van der Waals surface area (Å²) in [6, 6.07) is 6.38. The first-order chi connectivity index (χ1) is 13.2. The summed E-state index contributed by atoms with van der Waals surface area (Å²) in [4.78, 5) is 4.39. The third-order valence-electron chi connectivity index (χ3n) is 4.74. The van der Waals surface area contributed by atoms with Crippen molar-refractivity contribution in [2.45, 2.75) is 26.3 Å². The second-order valence-electron chi connectivity index (χ2n) is 6.84. The summed E-state index contributed by atoms with van der Waals surface area (Å²) in [5, 5.41) is 16.0. The Bertz CT molecular complexity index is 1090. The van der Waals surface area contributed by atoms with Crippen LogP contribution in [0, 0.1) is 0 Å². The SMILES string of the molecule is CC(C)n1ncnc1-n1cc2c(n1)-c1ccc(-c3cn[nH]c3)cc1OCC2. The molecule has 0 saturated heterocycles. The molecule has 8 nitrogen and oxygen atoms in total. The second-order valence-corrected chi connectivity index (χ2v) is 6.84. The molecule has 1 N–H and O–H groups in total. The fraction of sp³-hybridized carbons (Fsp3) is 0.263. The number of ether oxygens (including phenoxy) is 1. The van der Waals surface area contributed by atoms with Crippen LogP contribution in [0.2, 0.25) is 0 Å². The van der Waals surface area contributed by atoms with Crippen LogP contribution in [0.25, 0.3) is 28.3 Å². The van der Waals surface area contributed by atoms with Gasteiger partial charge in [-0.1, -0.05) is 6.07 Å². The van der Waals surface area contributed by atoms with Crippen LogP contribution >= 0.6 is 0 Å². The number of aromatic nitrogens is 7. The summed E-state index contributed by atoms with van der Waals surface area (Å²) in [6.07, 6.45) is 8.06. The smallest absolute Gasteiger partial charge is 0.249 e. The molecule has 0 atom stereocenters. The fourth-order valence-electron chi connectivity index (χ4n) is 3.39. The molecular weight excluding hydrogens is 342 g/mol. The number of hydrogen-bond donors (Lipinski definition) is 1. The van der Waals surface area contributed by atoms with Gasteiger partial charge in [-0.05, 0) is 31.5 Å². The van der Waals surface area contributed by atoms with Crippen LogP contribution < -0.4 is 4.74 Å². The maximum absolute atomic E-state index is 6.01. The van der Waals surface area contributed by atoms with E-state index in [1.807, 2.05) is 27.8 Å². The van der Waals surface area contributed by atoms with Crippen molar-refractivity contribution < 1.29 is 4.74 Å². The average molecular weight is 361 g/mol. The van der Waals surface area contributed by atoms with E-state index in [0.717, 1.165) is 46.1 Å². The van der Waals surface area contributed by atoms with Gasteiger partial charge in [0.05, 0.1) is 24.5 Å². The largest absolute Gasteiger partial charge is 0.493 e. The summed E-state index contributed by atoms with van der Waals surface area (Å²) in [5.41, 5.74) is 5.15. The van der Waals surface area contributed by atoms with E-state index >= 15 is 0 Å². The van der Waals surface area contributed by atoms with Gasteiger partial charge in [-0.3, -0.25) is 5.10 Å². The Morgan fingerprint density at radius 1 is 1.22 bits per heavy atom. The van der Waals surface area contributed by atoms with Crippen LogP contribution in [-0.4, -0.2) is 41.3 Å². The molecule has 5 rings (SSSR count). The van der Waals surface area contributed by atoms with Crippen molar-refractivity contribution >= 4 is 0 Å². The maximum Gasteiger partial charge on any atom is 0.249 e. The third-order valence-corrected chi connectivity index (χ3v) is 4.74. The van der Waals surface area contributed by atoms with Gasteiger partial charge in [-0.15, -0.1) is 0 Å². The van der Waals surface area contributed by atoms with Crippen molar-refractivity contribution in [2.24, 2.45) is 0 Å². The van der Waals surface area contributed by atoms with E-state index in [2.05, 4.69) is 46.3 Å². The summed E-state index contributed by atoms with van der Waals surface area (Å²) in [5.74, 6) is 1.55. The number of nitrogens with zero attached hydrogens (tertiary/aromatic N) is 6. The molecule has 0 fully saturated rings. The monoisotopic (exact) mass is 361 g/mol. The Hall–Kier alpha value is -3.42. The molecule has 3 aromatic heterocycles. The molecule has 0 radical (unpaired) electrons. The van der Waals surface area contributed by atoms with E-state index in [1.54, 1.807) is 12.5 Å². The molecule has 0 amide bonds. The van der Waals surface area contributed by atoms with Crippen molar-refractivity contribution in [3.8, 4) is 34.1 Å². The molecule has 4 aromatic rings. The normalized spacial score (nSPS) is 13.1. The summed E-state index contributed by atoms with van der Waals surface area (Å²) >= 11 is 0. The lowest BCUT2D eigenvalue weighted by Crippen LogP contribution is -2.11. The van der Waals surface area contributed by atoms with Crippen LogP contribution in [-0.2, 0) is 6.42 Å². The molecule has 1 aliphatic heterocycles. The molecule has 1 aliphatic rings. The van der Waals surface area contributed by atoms with Gasteiger partial charge in [0.15, 0.2) is 0 Å². The molecule has 27 heavy (non-hydrogen) atoms. The van der Waals surface area contributed by atoms with Crippen LogP contribution in [0.4, 0.5) is 0 Å². The van der Waals surface area contributed by atoms with Crippen LogP contribution in [0.3, 0.4) is 0 Å². The molecule has 0 bridgehead atoms. The first-order valence-electron chi connectivity index (χ1n) is 8.95. The number of fused-ring (bicyclic) bond motifs is 3. The lowest BCUT2D eigenvalue weighted by molar-refractivity contribution is 0.326. The van der Waals surface area contributed by atoms with Crippen LogP contribution in [0.1, 0.15) is 25.5 Å². The highest BCUT2D eigenvalue weighted by Gasteiger charge is 2.22. The number of nitrogens with one attached hydrogen (secondary N) is 1. The zero-order valence-corrected chi connectivity index (χ0v) is 15.1. The predicted octanol–water partition coefficient (Wildman–Crippen LogP) is 3.04. The van der Waals surface area contributed by atoms with E-state index in [-0.39, 0.29) is 6.04 Å². The number of benzene rings is 1. The maximum atomic E-state index is 6.01. The van der Waals surface area contributed by atoms with Gasteiger partial charge in [-0.2, -0.15) is 20.3 Å². The Balaban J connectivity index is 1.61. The van der Waals surface area contributed by atoms with Gasteiger partial charge in [0.1, 0.15) is 12.1 Å². The van der Waals surface area contributed by atoms with E-state index < -0.39 is 0 Å². The summed E-state index contributed by atoms with van der Waals surface area (Å²) < 4.78 is 9.69. The van der Waals surface area contributed by atoms with Crippen LogP contribution in [0.5, 0.6) is 5.75 Å². The minimum absolute atomic E-state index is 0.208. The Morgan fingerprint density at radius 3 is 2.96 bits per heavy atom. The molecule has 0 spiro atoms. The van der Waals surface area contributed by atoms with Gasteiger partial charge in [0.25, 0.3) is 0 Å². The Labute approximate surface area is 155 Å². The minimum Gasteiger partial charge on any atom is -0.493 e. The highest BCUT2D eigenvalue weighted by molar-refractivity contribution is 5.76. The molecule has 0 saturated carbocycles. The van der Waals surface area contributed by atoms with Crippen molar-refractivity contribution in [1.29, 1.82) is 0 Å². The summed E-state index contributed by atoms with van der Waals surface area (Å²) in [7, 11) is 0. The Morgan fingerprint density at radius 2 is 2.15 bits per heavy atom. The van der Waals surface area contributed by atoms with Crippen molar-refractivity contribution in [2.75, 3.05) is 6.61 Å². The first kappa shape index (κ1) is 15.8. The average Bonchev–Trinajstić information content (AvgIpc) is 3.40. The molecule has 8 heteroatoms. The molecular formula is C19H19N7O. The standard InChI is InChI=1S/C19H19N7O/c1-12(2)26-19(20-11-23-26)25-10-14-5-6-27-17-7-13(15-8-21-22-9-15)3-4-16(17)18(14)24-25/h3-4,7-12H,5-6H2,1-2H3,(H,21,22). The lowest BCUT2D eigenvalue weighted by atomic mass is 10.0. The first-order valence-corrected chi connectivity index (χ1v) is 8.95. The highest BCUT2D eigenvalue weighted by Crippen LogP contribution is 2.37. The fourth-order valence-corrected chi connectivity index (χ4v) is 3.39. The quantitative estimate of drug-likeness (QED) is 0.606. The second kappa shape index (κ2) is 6.08. The highest BCUT2D eigenvalue weighted by atomic mass is 16.5. The molecule has 4 heterocycles. The summed E-state index contributed by atoms with van der Waals surface area (Å²) in [6.45, 7) is 4.76. The van der Waals surface area contributed by atoms with Crippen LogP contribution in [0.15, 0.2) is 43.1 Å². The zero-order chi connectivity index (χ0) is 18.4. The van der Waals surface area contributed by atoms with Crippen molar-refractivity contribution in [3.63, 3.8) is 0 Å². The van der Waals surface area contributed by atoms with E-state index in [4.69, 9.17) is 9.84 Å². The van der Waals surface area contributed by atoms with Gasteiger partial charge in [0.2, 0.25) is 5.95 Å². The number of H-pyrrole nitrogens is 1. The molecule has 136 valence electrons. The lowest BCUT2D eigenvalue weighted by Gasteiger charge is -2.10. The predicted molar refractivity (Wildman–Crippen MR) is 99.7 cm³/mol. The van der Waals surface area contributed by atoms with Gasteiger partial charge >= 0.3 is 0 Å². The number of hydrogen-bond acceptors (Lipinski definition) is 5. The molecule has 0 aliphatic carbocycles. The zero-order valence-electron chi connectivity index (χ0n) is 15.1. The minimum atomic E-state index is 0.208. The molecule has 0 unspecified atom stereocenters. The van der Waals surface area contributed by atoms with Gasteiger partial charge in [-0.25, -0.2) is 9.36 Å².